The lowest BCUT2D eigenvalue weighted by Crippen LogP contribution is -2.32. The van der Waals surface area contributed by atoms with Crippen LogP contribution in [0.4, 0.5) is 0 Å². The van der Waals surface area contributed by atoms with Gasteiger partial charge in [0.2, 0.25) is 5.91 Å². The summed E-state index contributed by atoms with van der Waals surface area (Å²) in [6.45, 7) is 7.24. The van der Waals surface area contributed by atoms with Crippen molar-refractivity contribution in [3.63, 3.8) is 0 Å². The first kappa shape index (κ1) is 14.6. The number of hydrogen-bond acceptors (Lipinski definition) is 3. The number of hydrogen-bond donors (Lipinski definition) is 1. The molecule has 1 atom stereocenters. The zero-order valence-electron chi connectivity index (χ0n) is 12.4. The maximum absolute atomic E-state index is 11.8. The molecule has 20 heavy (non-hydrogen) atoms. The molecule has 1 N–H and O–H groups in total. The van der Waals surface area contributed by atoms with E-state index >= 15 is 0 Å². The van der Waals surface area contributed by atoms with E-state index in [4.69, 9.17) is 5.26 Å². The van der Waals surface area contributed by atoms with Crippen LogP contribution in [-0.2, 0) is 18.4 Å². The predicted molar refractivity (Wildman–Crippen MR) is 76.9 cm³/mol. The summed E-state index contributed by atoms with van der Waals surface area (Å²) in [4.78, 5) is 14.1. The number of amides is 1. The Hall–Kier alpha value is -1.80. The van der Waals surface area contributed by atoms with Gasteiger partial charge < -0.3 is 9.88 Å². The van der Waals surface area contributed by atoms with Crippen molar-refractivity contribution in [2.75, 3.05) is 19.6 Å². The lowest BCUT2D eigenvalue weighted by atomic mass is 10.1. The molecule has 1 fully saturated rings. The van der Waals surface area contributed by atoms with Crippen molar-refractivity contribution in [2.24, 2.45) is 13.0 Å². The Labute approximate surface area is 120 Å². The van der Waals surface area contributed by atoms with Crippen molar-refractivity contribution in [3.8, 4) is 6.07 Å². The Morgan fingerprint density at radius 2 is 2.35 bits per heavy atom. The van der Waals surface area contributed by atoms with Gasteiger partial charge in [0, 0.05) is 32.4 Å². The van der Waals surface area contributed by atoms with Crippen LogP contribution in [0.1, 0.15) is 30.3 Å². The van der Waals surface area contributed by atoms with Crippen molar-refractivity contribution < 1.29 is 4.79 Å². The molecule has 1 aromatic rings. The van der Waals surface area contributed by atoms with Crippen LogP contribution in [0.5, 0.6) is 0 Å². The van der Waals surface area contributed by atoms with Gasteiger partial charge in [0.05, 0.1) is 5.92 Å². The van der Waals surface area contributed by atoms with E-state index in [9.17, 15) is 4.79 Å². The Morgan fingerprint density at radius 3 is 2.95 bits per heavy atom. The van der Waals surface area contributed by atoms with Crippen LogP contribution < -0.4 is 5.32 Å². The second-order valence-electron chi connectivity index (χ2n) is 5.43. The second kappa shape index (κ2) is 6.10. The van der Waals surface area contributed by atoms with Gasteiger partial charge in [-0.25, -0.2) is 0 Å². The highest BCUT2D eigenvalue weighted by atomic mass is 16.1. The van der Waals surface area contributed by atoms with Gasteiger partial charge in [0.15, 0.2) is 0 Å². The topological polar surface area (TPSA) is 61.1 Å². The standard InChI is InChI=1S/C15H22N4O/c1-4-17-15(20)12-5-6-19(9-12)10-13-7-14(8-16)18(3)11(13)2/h7,12H,4-6,9-10H2,1-3H3,(H,17,20). The third kappa shape index (κ3) is 2.86. The van der Waals surface area contributed by atoms with Gasteiger partial charge in [-0.3, -0.25) is 9.69 Å². The first-order valence-corrected chi connectivity index (χ1v) is 7.12. The van der Waals surface area contributed by atoms with Crippen molar-refractivity contribution in [3.05, 3.63) is 23.0 Å². The molecule has 2 heterocycles. The van der Waals surface area contributed by atoms with Crippen LogP contribution in [0.15, 0.2) is 6.07 Å². The molecule has 0 aromatic carbocycles. The van der Waals surface area contributed by atoms with Crippen LogP contribution in [-0.4, -0.2) is 35.0 Å². The SMILES string of the molecule is CCNC(=O)C1CCN(Cc2cc(C#N)n(C)c2C)C1. The zero-order chi connectivity index (χ0) is 14.7. The monoisotopic (exact) mass is 274 g/mol. The second-order valence-corrected chi connectivity index (χ2v) is 5.43. The number of carbonyl (C=O) groups excluding carboxylic acids is 1. The number of carbonyl (C=O) groups is 1. The third-order valence-electron chi connectivity index (χ3n) is 4.14. The van der Waals surface area contributed by atoms with Crippen LogP contribution >= 0.6 is 0 Å². The van der Waals surface area contributed by atoms with E-state index in [1.165, 1.54) is 5.56 Å². The predicted octanol–water partition coefficient (Wildman–Crippen LogP) is 1.16. The van der Waals surface area contributed by atoms with Gasteiger partial charge in [-0.15, -0.1) is 0 Å². The largest absolute Gasteiger partial charge is 0.356 e. The van der Waals surface area contributed by atoms with Crippen LogP contribution in [0, 0.1) is 24.2 Å². The van der Waals surface area contributed by atoms with E-state index in [2.05, 4.69) is 16.3 Å². The molecule has 1 aromatic heterocycles. The summed E-state index contributed by atoms with van der Waals surface area (Å²) in [5.41, 5.74) is 3.00. The fourth-order valence-corrected chi connectivity index (χ4v) is 2.78. The molecule has 0 spiro atoms. The Bertz CT molecular complexity index is 541. The quantitative estimate of drug-likeness (QED) is 0.896. The minimum absolute atomic E-state index is 0.106. The molecular weight excluding hydrogens is 252 g/mol. The molecule has 0 aliphatic carbocycles. The highest BCUT2D eigenvalue weighted by Crippen LogP contribution is 2.21. The van der Waals surface area contributed by atoms with Gasteiger partial charge in [0.1, 0.15) is 11.8 Å². The lowest BCUT2D eigenvalue weighted by Gasteiger charge is -2.16. The molecule has 1 unspecified atom stereocenters. The molecule has 1 amide bonds. The van der Waals surface area contributed by atoms with Crippen molar-refractivity contribution in [1.29, 1.82) is 5.26 Å². The molecule has 1 aliphatic rings. The molecule has 5 heteroatoms. The fourth-order valence-electron chi connectivity index (χ4n) is 2.78. The van der Waals surface area contributed by atoms with Crippen LogP contribution in [0.25, 0.3) is 0 Å². The highest BCUT2D eigenvalue weighted by Gasteiger charge is 2.28. The molecule has 2 rings (SSSR count). The molecule has 1 aliphatic heterocycles. The van der Waals surface area contributed by atoms with Gasteiger partial charge in [-0.1, -0.05) is 0 Å². The van der Waals surface area contributed by atoms with E-state index in [1.54, 1.807) is 0 Å². The van der Waals surface area contributed by atoms with Crippen molar-refractivity contribution in [1.82, 2.24) is 14.8 Å². The molecule has 1 saturated heterocycles. The Kier molecular flexibility index (Phi) is 4.46. The van der Waals surface area contributed by atoms with Crippen molar-refractivity contribution >= 4 is 5.91 Å². The van der Waals surface area contributed by atoms with Crippen molar-refractivity contribution in [2.45, 2.75) is 26.8 Å². The molecule has 0 radical (unpaired) electrons. The number of nitriles is 1. The fraction of sp³-hybridized carbons (Fsp3) is 0.600. The first-order valence-electron chi connectivity index (χ1n) is 7.12. The summed E-state index contributed by atoms with van der Waals surface area (Å²) in [6.07, 6.45) is 0.919. The van der Waals surface area contributed by atoms with E-state index in [0.717, 1.165) is 31.7 Å². The van der Waals surface area contributed by atoms with E-state index < -0.39 is 0 Å². The number of nitrogens with one attached hydrogen (secondary N) is 1. The lowest BCUT2D eigenvalue weighted by molar-refractivity contribution is -0.124. The van der Waals surface area contributed by atoms with Gasteiger partial charge in [-0.05, 0) is 38.4 Å². The average Bonchev–Trinajstić information content (AvgIpc) is 3.00. The molecule has 0 saturated carbocycles. The number of likely N-dealkylation sites (tertiary alicyclic amines) is 1. The summed E-state index contributed by atoms with van der Waals surface area (Å²) in [5, 5.41) is 11.9. The number of nitrogens with zero attached hydrogens (tertiary/aromatic N) is 3. The normalized spacial score (nSPS) is 19.0. The minimum Gasteiger partial charge on any atom is -0.356 e. The van der Waals surface area contributed by atoms with Crippen LogP contribution in [0.3, 0.4) is 0 Å². The summed E-state index contributed by atoms with van der Waals surface area (Å²) in [6, 6.07) is 4.16. The first-order chi connectivity index (χ1) is 9.56. The van der Waals surface area contributed by atoms with Gasteiger partial charge in [0.25, 0.3) is 0 Å². The molecular formula is C15H22N4O. The molecule has 5 nitrogen and oxygen atoms in total. The third-order valence-corrected chi connectivity index (χ3v) is 4.14. The zero-order valence-corrected chi connectivity index (χ0v) is 12.4. The molecule has 0 bridgehead atoms. The van der Waals surface area contributed by atoms with E-state index in [0.29, 0.717) is 12.2 Å². The summed E-state index contributed by atoms with van der Waals surface area (Å²) < 4.78 is 1.92. The maximum atomic E-state index is 11.8. The number of aromatic nitrogens is 1. The summed E-state index contributed by atoms with van der Waals surface area (Å²) in [5.74, 6) is 0.270. The Morgan fingerprint density at radius 1 is 1.60 bits per heavy atom. The maximum Gasteiger partial charge on any atom is 0.224 e. The van der Waals surface area contributed by atoms with Crippen LogP contribution in [0.2, 0.25) is 0 Å². The summed E-state index contributed by atoms with van der Waals surface area (Å²) in [7, 11) is 1.92. The highest BCUT2D eigenvalue weighted by molar-refractivity contribution is 5.79. The van der Waals surface area contributed by atoms with E-state index in [-0.39, 0.29) is 11.8 Å². The summed E-state index contributed by atoms with van der Waals surface area (Å²) >= 11 is 0. The van der Waals surface area contributed by atoms with E-state index in [1.807, 2.05) is 31.5 Å². The Balaban J connectivity index is 1.99. The average molecular weight is 274 g/mol. The minimum atomic E-state index is 0.106. The van der Waals surface area contributed by atoms with Gasteiger partial charge >= 0.3 is 0 Å². The molecule has 108 valence electrons. The smallest absolute Gasteiger partial charge is 0.224 e. The van der Waals surface area contributed by atoms with Gasteiger partial charge in [-0.2, -0.15) is 5.26 Å². The number of rotatable bonds is 4.